The Balaban J connectivity index is 2.59. The maximum Gasteiger partial charge on any atom is 0.126 e. The smallest absolute Gasteiger partial charge is 0.126 e. The third kappa shape index (κ3) is 2.89. The van der Waals surface area contributed by atoms with Gasteiger partial charge < -0.3 is 5.32 Å². The lowest BCUT2D eigenvalue weighted by molar-refractivity contribution is 0.616. The SMILES string of the molecule is C#CCNCc1ccc(F)c(C)c1. The van der Waals surface area contributed by atoms with Crippen LogP contribution in [0.1, 0.15) is 11.1 Å². The molecule has 0 aromatic heterocycles. The van der Waals surface area contributed by atoms with Crippen LogP contribution >= 0.6 is 0 Å². The second-order valence-electron chi connectivity index (χ2n) is 2.89. The average molecular weight is 177 g/mol. The van der Waals surface area contributed by atoms with Gasteiger partial charge in [-0.15, -0.1) is 6.42 Å². The Morgan fingerprint density at radius 1 is 1.54 bits per heavy atom. The quantitative estimate of drug-likeness (QED) is 0.549. The molecule has 0 saturated carbocycles. The lowest BCUT2D eigenvalue weighted by atomic mass is 10.1. The van der Waals surface area contributed by atoms with Gasteiger partial charge in [-0.25, -0.2) is 4.39 Å². The van der Waals surface area contributed by atoms with Gasteiger partial charge in [0.2, 0.25) is 0 Å². The molecule has 0 heterocycles. The second-order valence-corrected chi connectivity index (χ2v) is 2.89. The predicted octanol–water partition coefficient (Wildman–Crippen LogP) is 1.86. The predicted molar refractivity (Wildman–Crippen MR) is 51.7 cm³/mol. The van der Waals surface area contributed by atoms with E-state index in [-0.39, 0.29) is 5.82 Å². The lowest BCUT2D eigenvalue weighted by Crippen LogP contribution is -2.13. The molecule has 0 bridgehead atoms. The number of nitrogens with one attached hydrogen (secondary N) is 1. The maximum absolute atomic E-state index is 12.8. The summed E-state index contributed by atoms with van der Waals surface area (Å²) < 4.78 is 12.8. The van der Waals surface area contributed by atoms with Crippen LogP contribution in [0.15, 0.2) is 18.2 Å². The zero-order valence-electron chi connectivity index (χ0n) is 7.60. The molecule has 1 N–H and O–H groups in total. The van der Waals surface area contributed by atoms with Crippen molar-refractivity contribution in [1.82, 2.24) is 5.32 Å². The van der Waals surface area contributed by atoms with Crippen molar-refractivity contribution in [3.8, 4) is 12.3 Å². The standard InChI is InChI=1S/C11H12FN/c1-3-6-13-8-10-4-5-11(12)9(2)7-10/h1,4-5,7,13H,6,8H2,2H3. The van der Waals surface area contributed by atoms with Crippen molar-refractivity contribution in [3.63, 3.8) is 0 Å². The summed E-state index contributed by atoms with van der Waals surface area (Å²) in [7, 11) is 0. The van der Waals surface area contributed by atoms with Crippen LogP contribution in [0.3, 0.4) is 0 Å². The highest BCUT2D eigenvalue weighted by atomic mass is 19.1. The van der Waals surface area contributed by atoms with Gasteiger partial charge in [0, 0.05) is 6.54 Å². The first-order valence-corrected chi connectivity index (χ1v) is 4.13. The molecule has 0 spiro atoms. The Labute approximate surface area is 78.0 Å². The largest absolute Gasteiger partial charge is 0.302 e. The minimum absolute atomic E-state index is 0.166. The Morgan fingerprint density at radius 3 is 2.92 bits per heavy atom. The average Bonchev–Trinajstić information content (AvgIpc) is 2.12. The van der Waals surface area contributed by atoms with Crippen molar-refractivity contribution in [1.29, 1.82) is 0 Å². The van der Waals surface area contributed by atoms with Gasteiger partial charge >= 0.3 is 0 Å². The molecule has 1 rings (SSSR count). The molecule has 2 heteroatoms. The summed E-state index contributed by atoms with van der Waals surface area (Å²) in [6.45, 7) is 2.97. The highest BCUT2D eigenvalue weighted by Gasteiger charge is 1.97. The van der Waals surface area contributed by atoms with E-state index in [0.29, 0.717) is 18.7 Å². The molecule has 1 nitrogen and oxygen atoms in total. The third-order valence-electron chi connectivity index (χ3n) is 1.78. The Bertz CT molecular complexity index is 325. The molecule has 0 aliphatic heterocycles. The monoisotopic (exact) mass is 177 g/mol. The van der Waals surface area contributed by atoms with Crippen molar-refractivity contribution in [2.45, 2.75) is 13.5 Å². The molecular formula is C11H12FN. The van der Waals surface area contributed by atoms with Crippen molar-refractivity contribution >= 4 is 0 Å². The molecule has 13 heavy (non-hydrogen) atoms. The zero-order chi connectivity index (χ0) is 9.68. The van der Waals surface area contributed by atoms with Gasteiger partial charge in [0.15, 0.2) is 0 Å². The van der Waals surface area contributed by atoms with Crippen LogP contribution in [0.2, 0.25) is 0 Å². The lowest BCUT2D eigenvalue weighted by Gasteiger charge is -2.03. The van der Waals surface area contributed by atoms with Crippen molar-refractivity contribution < 1.29 is 4.39 Å². The Morgan fingerprint density at radius 2 is 2.31 bits per heavy atom. The van der Waals surface area contributed by atoms with Crippen LogP contribution in [0, 0.1) is 25.1 Å². The summed E-state index contributed by atoms with van der Waals surface area (Å²) in [5, 5.41) is 3.04. The van der Waals surface area contributed by atoms with Crippen LogP contribution < -0.4 is 5.32 Å². The molecule has 0 aliphatic carbocycles. The molecule has 68 valence electrons. The minimum atomic E-state index is -0.166. The first-order chi connectivity index (χ1) is 6.24. The summed E-state index contributed by atoms with van der Waals surface area (Å²) >= 11 is 0. The van der Waals surface area contributed by atoms with E-state index in [1.807, 2.05) is 6.07 Å². The van der Waals surface area contributed by atoms with E-state index in [0.717, 1.165) is 5.56 Å². The Kier molecular flexibility index (Phi) is 3.48. The number of rotatable bonds is 3. The normalized spacial score (nSPS) is 9.62. The molecular weight excluding hydrogens is 165 g/mol. The third-order valence-corrected chi connectivity index (χ3v) is 1.78. The molecule has 0 saturated heterocycles. The van der Waals surface area contributed by atoms with E-state index in [4.69, 9.17) is 6.42 Å². The number of hydrogen-bond donors (Lipinski definition) is 1. The van der Waals surface area contributed by atoms with Gasteiger partial charge in [-0.05, 0) is 24.1 Å². The highest BCUT2D eigenvalue weighted by Crippen LogP contribution is 2.08. The number of aryl methyl sites for hydroxylation is 1. The fraction of sp³-hybridized carbons (Fsp3) is 0.273. The fourth-order valence-electron chi connectivity index (χ4n) is 1.10. The molecule has 0 unspecified atom stereocenters. The first kappa shape index (κ1) is 9.76. The zero-order valence-corrected chi connectivity index (χ0v) is 7.60. The van der Waals surface area contributed by atoms with Gasteiger partial charge in [0.05, 0.1) is 6.54 Å². The van der Waals surface area contributed by atoms with Crippen molar-refractivity contribution in [3.05, 3.63) is 35.1 Å². The summed E-state index contributed by atoms with van der Waals surface area (Å²) in [5.41, 5.74) is 1.72. The molecule has 0 fully saturated rings. The number of terminal acetylenes is 1. The van der Waals surface area contributed by atoms with Crippen molar-refractivity contribution in [2.24, 2.45) is 0 Å². The van der Waals surface area contributed by atoms with Gasteiger partial charge in [0.1, 0.15) is 5.82 Å². The van der Waals surface area contributed by atoms with E-state index in [9.17, 15) is 4.39 Å². The van der Waals surface area contributed by atoms with E-state index in [2.05, 4.69) is 11.2 Å². The molecule has 0 aliphatic rings. The van der Waals surface area contributed by atoms with Crippen molar-refractivity contribution in [2.75, 3.05) is 6.54 Å². The van der Waals surface area contributed by atoms with Crippen LogP contribution in [-0.4, -0.2) is 6.54 Å². The first-order valence-electron chi connectivity index (χ1n) is 4.13. The number of hydrogen-bond acceptors (Lipinski definition) is 1. The fourth-order valence-corrected chi connectivity index (χ4v) is 1.10. The van der Waals surface area contributed by atoms with Crippen LogP contribution in [0.4, 0.5) is 4.39 Å². The van der Waals surface area contributed by atoms with E-state index in [1.54, 1.807) is 13.0 Å². The van der Waals surface area contributed by atoms with E-state index < -0.39 is 0 Å². The summed E-state index contributed by atoms with van der Waals surface area (Å²) in [5.74, 6) is 2.31. The van der Waals surface area contributed by atoms with Crippen LogP contribution in [0.5, 0.6) is 0 Å². The van der Waals surface area contributed by atoms with Gasteiger partial charge in [0.25, 0.3) is 0 Å². The van der Waals surface area contributed by atoms with Crippen LogP contribution in [0.25, 0.3) is 0 Å². The number of benzene rings is 1. The molecule has 0 atom stereocenters. The minimum Gasteiger partial charge on any atom is -0.302 e. The topological polar surface area (TPSA) is 12.0 Å². The van der Waals surface area contributed by atoms with Gasteiger partial charge in [-0.1, -0.05) is 18.1 Å². The van der Waals surface area contributed by atoms with E-state index in [1.165, 1.54) is 6.07 Å². The Hall–Kier alpha value is -1.33. The molecule has 0 radical (unpaired) electrons. The maximum atomic E-state index is 12.8. The molecule has 1 aromatic rings. The van der Waals surface area contributed by atoms with Crippen LogP contribution in [-0.2, 0) is 6.54 Å². The van der Waals surface area contributed by atoms with Gasteiger partial charge in [-0.3, -0.25) is 0 Å². The molecule has 1 aromatic carbocycles. The summed E-state index contributed by atoms with van der Waals surface area (Å²) in [6, 6.07) is 5.05. The summed E-state index contributed by atoms with van der Waals surface area (Å²) in [6.07, 6.45) is 5.07. The highest BCUT2D eigenvalue weighted by molar-refractivity contribution is 5.23. The second kappa shape index (κ2) is 4.64. The van der Waals surface area contributed by atoms with Gasteiger partial charge in [-0.2, -0.15) is 0 Å². The van der Waals surface area contributed by atoms with E-state index >= 15 is 0 Å². The number of halogens is 1. The summed E-state index contributed by atoms with van der Waals surface area (Å²) in [4.78, 5) is 0. The molecule has 0 amide bonds.